The van der Waals surface area contributed by atoms with Crippen molar-refractivity contribution in [2.45, 2.75) is 0 Å². The summed E-state index contributed by atoms with van der Waals surface area (Å²) in [5, 5.41) is 1.63. The molecule has 0 aliphatic carbocycles. The van der Waals surface area contributed by atoms with E-state index in [1.165, 1.54) is 0 Å². The van der Waals surface area contributed by atoms with Crippen molar-refractivity contribution in [3.8, 4) is 0 Å². The molecule has 0 radical (unpaired) electrons. The number of hydrogen-bond donors (Lipinski definition) is 1. The van der Waals surface area contributed by atoms with Gasteiger partial charge in [0.2, 0.25) is 5.76 Å². The Hall–Kier alpha value is -3.29. The van der Waals surface area contributed by atoms with Gasteiger partial charge in [0.15, 0.2) is 0 Å². The Kier molecular flexibility index (Phi) is 8.14. The van der Waals surface area contributed by atoms with Crippen LogP contribution in [0.15, 0.2) is 82.9 Å². The second-order valence-electron chi connectivity index (χ2n) is 7.84. The van der Waals surface area contributed by atoms with Crippen molar-refractivity contribution in [3.63, 3.8) is 0 Å². The third-order valence-corrected chi connectivity index (χ3v) is 5.88. The van der Waals surface area contributed by atoms with Crippen molar-refractivity contribution >= 4 is 34.6 Å². The number of nitrogens with zero attached hydrogens (tertiary/aromatic N) is 2. The first-order valence-electron chi connectivity index (χ1n) is 10.4. The zero-order valence-electron chi connectivity index (χ0n) is 19.9. The Balaban J connectivity index is 1.92. The van der Waals surface area contributed by atoms with Crippen LogP contribution in [0, 0.1) is 0 Å². The van der Waals surface area contributed by atoms with Gasteiger partial charge in [-0.1, -0.05) is 24.3 Å². The first-order chi connectivity index (χ1) is 15.8. The van der Waals surface area contributed by atoms with Crippen LogP contribution < -0.4 is 9.80 Å². The fraction of sp³-hybridized carbons (Fsp3) is 0.231. The predicted octanol–water partition coefficient (Wildman–Crippen LogP) is 5.25. The third kappa shape index (κ3) is 6.37. The number of methoxy groups -OCH3 is 2. The molecule has 0 aromatic heterocycles. The van der Waals surface area contributed by atoms with Gasteiger partial charge >= 0.3 is 16.8 Å². The summed E-state index contributed by atoms with van der Waals surface area (Å²) in [6, 6.07) is 16.2. The Bertz CT molecular complexity index is 1060. The minimum absolute atomic E-state index is 0.434. The highest BCUT2D eigenvalue weighted by atomic mass is 32.2. The number of rotatable bonds is 8. The van der Waals surface area contributed by atoms with Crippen molar-refractivity contribution in [2.75, 3.05) is 52.2 Å². The number of anilines is 2. The van der Waals surface area contributed by atoms with E-state index in [0.717, 1.165) is 22.5 Å². The Morgan fingerprint density at radius 2 is 1.24 bits per heavy atom. The molecule has 2 aromatic carbocycles. The molecule has 0 spiro atoms. The summed E-state index contributed by atoms with van der Waals surface area (Å²) in [7, 11) is 11.2. The maximum atomic E-state index is 10.4. The molecule has 0 bridgehead atoms. The van der Waals surface area contributed by atoms with E-state index >= 15 is 0 Å². The lowest BCUT2D eigenvalue weighted by Crippen LogP contribution is -2.08. The zero-order valence-corrected chi connectivity index (χ0v) is 20.7. The molecule has 1 N–H and O–H groups in total. The highest BCUT2D eigenvalue weighted by molar-refractivity contribution is 7.82. The smallest absolute Gasteiger partial charge is 0.411 e. The normalized spacial score (nSPS) is 16.4. The van der Waals surface area contributed by atoms with Crippen LogP contribution in [-0.2, 0) is 24.4 Å². The lowest BCUT2D eigenvalue weighted by atomic mass is 10.1. The Morgan fingerprint density at radius 3 is 1.67 bits per heavy atom. The van der Waals surface area contributed by atoms with Crippen LogP contribution in [0.4, 0.5) is 11.4 Å². The molecule has 0 saturated heterocycles. The Morgan fingerprint density at radius 1 is 0.788 bits per heavy atom. The summed E-state index contributed by atoms with van der Waals surface area (Å²) in [4.78, 5) is 4.09. The summed E-state index contributed by atoms with van der Waals surface area (Å²) < 4.78 is 27.3. The third-order valence-electron chi connectivity index (χ3n) is 5.07. The van der Waals surface area contributed by atoms with E-state index < -0.39 is 11.1 Å². The van der Waals surface area contributed by atoms with Crippen molar-refractivity contribution in [3.05, 3.63) is 94.0 Å². The monoisotopic (exact) mass is 467 g/mol. The molecule has 1 unspecified atom stereocenters. The van der Waals surface area contributed by atoms with Crippen molar-refractivity contribution < 1.29 is 17.9 Å². The van der Waals surface area contributed by atoms with E-state index in [-0.39, 0.29) is 0 Å². The first-order valence-corrected chi connectivity index (χ1v) is 11.6. The van der Waals surface area contributed by atoms with Crippen LogP contribution in [0.2, 0.25) is 0 Å². The number of allylic oxidation sites excluding steroid dienone is 1. The maximum Gasteiger partial charge on any atom is 0.411 e. The van der Waals surface area contributed by atoms with Gasteiger partial charge in [-0.05, 0) is 47.5 Å². The molecule has 0 amide bonds. The minimum Gasteiger partial charge on any atom is -0.496 e. The van der Waals surface area contributed by atoms with Crippen LogP contribution in [0.3, 0.4) is 0 Å². The predicted molar refractivity (Wildman–Crippen MR) is 138 cm³/mol. The van der Waals surface area contributed by atoms with Crippen molar-refractivity contribution in [2.24, 2.45) is 0 Å². The summed E-state index contributed by atoms with van der Waals surface area (Å²) in [5.74, 6) is 1.56. The van der Waals surface area contributed by atoms with Gasteiger partial charge < -0.3 is 19.3 Å². The van der Waals surface area contributed by atoms with Gasteiger partial charge in [-0.15, -0.1) is 3.84 Å². The lowest BCUT2D eigenvalue weighted by Gasteiger charge is -2.13. The largest absolute Gasteiger partial charge is 0.496 e. The topological polar surface area (TPSA) is 56.5 Å². The Labute approximate surface area is 198 Å². The average Bonchev–Trinajstić information content (AvgIpc) is 2.81. The van der Waals surface area contributed by atoms with Gasteiger partial charge in [0.05, 0.1) is 25.7 Å². The molecule has 6 nitrogen and oxygen atoms in total. The number of benzene rings is 2. The molecule has 2 aromatic rings. The average molecular weight is 468 g/mol. The van der Waals surface area contributed by atoms with E-state index in [9.17, 15) is 4.55 Å². The van der Waals surface area contributed by atoms with Crippen LogP contribution in [0.5, 0.6) is 0 Å². The second-order valence-corrected chi connectivity index (χ2v) is 8.79. The second kappa shape index (κ2) is 11.0. The van der Waals surface area contributed by atoms with E-state index in [2.05, 4.69) is 0 Å². The first kappa shape index (κ1) is 24.4. The van der Waals surface area contributed by atoms with E-state index in [1.54, 1.807) is 19.6 Å². The lowest BCUT2D eigenvalue weighted by molar-refractivity contribution is 0.174. The number of ether oxygens (including phenoxy) is 2. The van der Waals surface area contributed by atoms with Gasteiger partial charge in [0.25, 0.3) is 0 Å². The van der Waals surface area contributed by atoms with E-state index in [0.29, 0.717) is 22.9 Å². The minimum atomic E-state index is -1.42. The summed E-state index contributed by atoms with van der Waals surface area (Å²) in [6.45, 7) is 0. The summed E-state index contributed by atoms with van der Waals surface area (Å²) in [5.41, 5.74) is 4.88. The van der Waals surface area contributed by atoms with Crippen LogP contribution >= 0.6 is 0 Å². The molecule has 0 fully saturated rings. The van der Waals surface area contributed by atoms with Gasteiger partial charge in [0.1, 0.15) is 5.76 Å². The van der Waals surface area contributed by atoms with Crippen molar-refractivity contribution in [1.29, 1.82) is 0 Å². The van der Waals surface area contributed by atoms with Crippen molar-refractivity contribution in [1.82, 2.24) is 0 Å². The molecular formula is C26H31N2O4S+. The highest BCUT2D eigenvalue weighted by Crippen LogP contribution is 2.27. The molecule has 7 heteroatoms. The molecule has 3 rings (SSSR count). The summed E-state index contributed by atoms with van der Waals surface area (Å²) in [6.07, 6.45) is 5.62. The summed E-state index contributed by atoms with van der Waals surface area (Å²) >= 11 is -1.42. The van der Waals surface area contributed by atoms with E-state index in [1.807, 2.05) is 105 Å². The molecule has 0 saturated carbocycles. The molecule has 174 valence electrons. The van der Waals surface area contributed by atoms with Gasteiger partial charge in [-0.25, -0.2) is 0 Å². The standard InChI is InChI=1S/C26H31N2O4S/c1-27(2)22-11-7-19(8-12-22)15-24(30-5)21-17-26(32-33(29)18-21)25(31-6)16-20-9-13-23(14-10-20)28(3)4/h7-18,29H,1-6H3/q+1. The van der Waals surface area contributed by atoms with Gasteiger partial charge in [0, 0.05) is 45.1 Å². The molecule has 33 heavy (non-hydrogen) atoms. The molecular weight excluding hydrogens is 436 g/mol. The molecule has 1 atom stereocenters. The highest BCUT2D eigenvalue weighted by Gasteiger charge is 2.26. The van der Waals surface area contributed by atoms with Gasteiger partial charge in [-0.2, -0.15) is 0 Å². The maximum absolute atomic E-state index is 10.4. The van der Waals surface area contributed by atoms with Crippen LogP contribution in [0.1, 0.15) is 11.1 Å². The molecule has 1 aliphatic heterocycles. The number of hydrogen-bond acceptors (Lipinski definition) is 4. The fourth-order valence-corrected chi connectivity index (χ4v) is 3.96. The zero-order chi connectivity index (χ0) is 24.0. The quantitative estimate of drug-likeness (QED) is 0.327. The molecule has 1 heterocycles. The fourth-order valence-electron chi connectivity index (χ4n) is 3.20. The SMILES string of the molecule is COC(=Cc1ccc(N(C)C)cc1)C1=CS(O)=[O+]C(C(=Cc2ccc(N(C)C)cc2)OC)=C1. The van der Waals surface area contributed by atoms with Gasteiger partial charge in [-0.3, -0.25) is 4.55 Å². The van der Waals surface area contributed by atoms with Crippen LogP contribution in [-0.4, -0.2) is 47.0 Å². The van der Waals surface area contributed by atoms with Crippen LogP contribution in [0.25, 0.3) is 12.2 Å². The molecule has 1 aliphatic rings. The van der Waals surface area contributed by atoms with E-state index in [4.69, 9.17) is 13.3 Å².